The minimum absolute atomic E-state index is 0.0527. The second-order valence-electron chi connectivity index (χ2n) is 4.72. The molecule has 1 saturated heterocycles. The van der Waals surface area contributed by atoms with E-state index in [-0.39, 0.29) is 18.3 Å². The number of hydrogen-bond donors (Lipinski definition) is 2. The van der Waals surface area contributed by atoms with Crippen molar-refractivity contribution < 1.29 is 14.7 Å². The highest BCUT2D eigenvalue weighted by Gasteiger charge is 2.22. The molecule has 1 aromatic rings. The molecule has 0 aromatic carbocycles. The van der Waals surface area contributed by atoms with Crippen molar-refractivity contribution in [1.82, 2.24) is 14.8 Å². The third-order valence-corrected chi connectivity index (χ3v) is 3.40. The average Bonchev–Trinajstić information content (AvgIpc) is 2.89. The molecule has 2 N–H and O–H groups in total. The molecule has 1 aliphatic heterocycles. The second kappa shape index (κ2) is 5.99. The largest absolute Gasteiger partial charge is 0.395 e. The maximum atomic E-state index is 12.2. The van der Waals surface area contributed by atoms with E-state index in [2.05, 4.69) is 9.88 Å². The Morgan fingerprint density at radius 2 is 2.00 bits per heavy atom. The molecule has 6 nitrogen and oxygen atoms in total. The minimum Gasteiger partial charge on any atom is -0.395 e. The summed E-state index contributed by atoms with van der Waals surface area (Å²) in [4.78, 5) is 30.2. The number of rotatable bonds is 4. The van der Waals surface area contributed by atoms with E-state index in [1.807, 2.05) is 0 Å². The molecule has 0 saturated carbocycles. The molecule has 1 aliphatic rings. The summed E-state index contributed by atoms with van der Waals surface area (Å²) in [6.07, 6.45) is 1.57. The molecule has 2 rings (SSSR count). The van der Waals surface area contributed by atoms with Gasteiger partial charge in [0.25, 0.3) is 5.91 Å². The number of ketones is 1. The number of carbonyl (C=O) groups is 2. The van der Waals surface area contributed by atoms with E-state index in [1.165, 1.54) is 6.92 Å². The number of amides is 1. The number of aromatic amines is 1. The van der Waals surface area contributed by atoms with Gasteiger partial charge in [-0.25, -0.2) is 0 Å². The van der Waals surface area contributed by atoms with Crippen LogP contribution in [0.4, 0.5) is 0 Å². The van der Waals surface area contributed by atoms with Gasteiger partial charge in [0.2, 0.25) is 0 Å². The zero-order chi connectivity index (χ0) is 13.8. The number of Topliss-reactive ketones (excluding diaryl/α,β-unsaturated/α-hetero) is 1. The fraction of sp³-hybridized carbons (Fsp3) is 0.538. The van der Waals surface area contributed by atoms with Crippen LogP contribution in [0.15, 0.2) is 12.3 Å². The lowest BCUT2D eigenvalue weighted by atomic mass is 10.2. The minimum atomic E-state index is -0.0730. The molecule has 2 heterocycles. The molecule has 1 amide bonds. The van der Waals surface area contributed by atoms with Crippen LogP contribution in [0, 0.1) is 0 Å². The lowest BCUT2D eigenvalue weighted by Crippen LogP contribution is -2.49. The molecule has 6 heteroatoms. The normalized spacial score (nSPS) is 16.6. The number of hydrogen-bond acceptors (Lipinski definition) is 4. The number of aliphatic hydroxyl groups is 1. The summed E-state index contributed by atoms with van der Waals surface area (Å²) in [5.74, 6) is -0.126. The van der Waals surface area contributed by atoms with Crippen molar-refractivity contribution in [3.8, 4) is 0 Å². The van der Waals surface area contributed by atoms with Crippen LogP contribution in [0.25, 0.3) is 0 Å². The number of nitrogens with one attached hydrogen (secondary N) is 1. The Morgan fingerprint density at radius 1 is 1.32 bits per heavy atom. The third-order valence-electron chi connectivity index (χ3n) is 3.40. The highest BCUT2D eigenvalue weighted by molar-refractivity contribution is 5.99. The highest BCUT2D eigenvalue weighted by atomic mass is 16.3. The fourth-order valence-corrected chi connectivity index (χ4v) is 2.21. The maximum absolute atomic E-state index is 12.2. The van der Waals surface area contributed by atoms with Gasteiger partial charge in [-0.1, -0.05) is 0 Å². The summed E-state index contributed by atoms with van der Waals surface area (Å²) in [5.41, 5.74) is 0.989. The monoisotopic (exact) mass is 265 g/mol. The van der Waals surface area contributed by atoms with Gasteiger partial charge < -0.3 is 15.0 Å². The number of carbonyl (C=O) groups excluding carboxylic acids is 2. The first-order valence-corrected chi connectivity index (χ1v) is 6.43. The van der Waals surface area contributed by atoms with Crippen LogP contribution < -0.4 is 0 Å². The van der Waals surface area contributed by atoms with E-state index in [0.717, 1.165) is 13.1 Å². The summed E-state index contributed by atoms with van der Waals surface area (Å²) in [7, 11) is 0. The van der Waals surface area contributed by atoms with Crippen molar-refractivity contribution in [2.45, 2.75) is 6.92 Å². The third kappa shape index (κ3) is 3.21. The van der Waals surface area contributed by atoms with E-state index in [1.54, 1.807) is 17.2 Å². The maximum Gasteiger partial charge on any atom is 0.270 e. The van der Waals surface area contributed by atoms with Crippen molar-refractivity contribution >= 4 is 11.7 Å². The standard InChI is InChI=1S/C13H19N3O3/c1-10(18)11-8-12(14-9-11)13(19)16-4-2-15(3-5-16)6-7-17/h8-9,14,17H,2-7H2,1H3. The van der Waals surface area contributed by atoms with E-state index >= 15 is 0 Å². The van der Waals surface area contributed by atoms with Gasteiger partial charge in [0.05, 0.1) is 6.61 Å². The number of β-amino-alcohol motifs (C(OH)–C–C–N with tert-alkyl or cyclic N) is 1. The predicted octanol–water partition coefficient (Wildman–Crippen LogP) is -0.0326. The Labute approximate surface area is 112 Å². The zero-order valence-electron chi connectivity index (χ0n) is 11.1. The van der Waals surface area contributed by atoms with Crippen LogP contribution in [-0.2, 0) is 0 Å². The molecular formula is C13H19N3O3. The lowest BCUT2D eigenvalue weighted by molar-refractivity contribution is 0.0610. The number of H-pyrrole nitrogens is 1. The fourth-order valence-electron chi connectivity index (χ4n) is 2.21. The van der Waals surface area contributed by atoms with Crippen molar-refractivity contribution in [2.24, 2.45) is 0 Å². The summed E-state index contributed by atoms with van der Waals surface area (Å²) < 4.78 is 0. The summed E-state index contributed by atoms with van der Waals surface area (Å²) >= 11 is 0. The van der Waals surface area contributed by atoms with E-state index in [4.69, 9.17) is 5.11 Å². The van der Waals surface area contributed by atoms with Gasteiger partial charge in [0, 0.05) is 44.5 Å². The smallest absolute Gasteiger partial charge is 0.270 e. The Bertz CT molecular complexity index is 461. The summed E-state index contributed by atoms with van der Waals surface area (Å²) in [5, 5.41) is 8.87. The molecule has 0 aliphatic carbocycles. The van der Waals surface area contributed by atoms with Crippen LogP contribution in [0.1, 0.15) is 27.8 Å². The van der Waals surface area contributed by atoms with Gasteiger partial charge in [0.15, 0.2) is 5.78 Å². The van der Waals surface area contributed by atoms with Crippen LogP contribution in [-0.4, -0.2) is 70.9 Å². The predicted molar refractivity (Wildman–Crippen MR) is 70.2 cm³/mol. The highest BCUT2D eigenvalue weighted by Crippen LogP contribution is 2.10. The molecule has 0 unspecified atom stereocenters. The van der Waals surface area contributed by atoms with E-state index in [9.17, 15) is 9.59 Å². The molecule has 104 valence electrons. The molecule has 1 aromatic heterocycles. The van der Waals surface area contributed by atoms with Crippen molar-refractivity contribution in [3.63, 3.8) is 0 Å². The molecule has 19 heavy (non-hydrogen) atoms. The van der Waals surface area contributed by atoms with E-state index < -0.39 is 0 Å². The van der Waals surface area contributed by atoms with Crippen LogP contribution in [0.2, 0.25) is 0 Å². The van der Waals surface area contributed by atoms with Crippen molar-refractivity contribution in [1.29, 1.82) is 0 Å². The zero-order valence-corrected chi connectivity index (χ0v) is 11.1. The quantitative estimate of drug-likeness (QED) is 0.749. The van der Waals surface area contributed by atoms with Crippen LogP contribution in [0.5, 0.6) is 0 Å². The first kappa shape index (κ1) is 13.8. The average molecular weight is 265 g/mol. The van der Waals surface area contributed by atoms with Gasteiger partial charge in [-0.05, 0) is 13.0 Å². The molecule has 1 fully saturated rings. The van der Waals surface area contributed by atoms with Crippen molar-refractivity contribution in [3.05, 3.63) is 23.5 Å². The Balaban J connectivity index is 1.95. The van der Waals surface area contributed by atoms with E-state index in [0.29, 0.717) is 30.9 Å². The van der Waals surface area contributed by atoms with Gasteiger partial charge in [-0.15, -0.1) is 0 Å². The molecular weight excluding hydrogens is 246 g/mol. The Morgan fingerprint density at radius 3 is 2.53 bits per heavy atom. The Hall–Kier alpha value is -1.66. The topological polar surface area (TPSA) is 76.6 Å². The number of nitrogens with zero attached hydrogens (tertiary/aromatic N) is 2. The molecule has 0 atom stereocenters. The first-order chi connectivity index (χ1) is 9.11. The van der Waals surface area contributed by atoms with Crippen LogP contribution >= 0.6 is 0 Å². The van der Waals surface area contributed by atoms with Crippen LogP contribution in [0.3, 0.4) is 0 Å². The number of aromatic nitrogens is 1. The summed E-state index contributed by atoms with van der Waals surface area (Å²) in [6.45, 7) is 5.11. The first-order valence-electron chi connectivity index (χ1n) is 6.43. The molecule has 0 bridgehead atoms. The number of aliphatic hydroxyl groups excluding tert-OH is 1. The van der Waals surface area contributed by atoms with Gasteiger partial charge in [-0.2, -0.15) is 0 Å². The Kier molecular flexibility index (Phi) is 4.34. The summed E-state index contributed by atoms with van der Waals surface area (Å²) in [6, 6.07) is 1.60. The lowest BCUT2D eigenvalue weighted by Gasteiger charge is -2.34. The molecule has 0 spiro atoms. The van der Waals surface area contributed by atoms with Crippen molar-refractivity contribution in [2.75, 3.05) is 39.3 Å². The van der Waals surface area contributed by atoms with Gasteiger partial charge >= 0.3 is 0 Å². The SMILES string of the molecule is CC(=O)c1c[nH]c(C(=O)N2CCN(CCO)CC2)c1. The number of piperazine rings is 1. The molecule has 0 radical (unpaired) electrons. The second-order valence-corrected chi connectivity index (χ2v) is 4.72. The van der Waals surface area contributed by atoms with Gasteiger partial charge in [0.1, 0.15) is 5.69 Å². The van der Waals surface area contributed by atoms with Gasteiger partial charge in [-0.3, -0.25) is 14.5 Å².